The van der Waals surface area contributed by atoms with Crippen LogP contribution in [0.2, 0.25) is 0 Å². The second-order valence-corrected chi connectivity index (χ2v) is 6.02. The van der Waals surface area contributed by atoms with Crippen molar-refractivity contribution in [3.63, 3.8) is 0 Å². The number of aliphatic carboxylic acids is 1. The number of amides is 2. The van der Waals surface area contributed by atoms with Crippen LogP contribution >= 0.6 is 0 Å². The van der Waals surface area contributed by atoms with E-state index in [1.807, 2.05) is 0 Å². The Morgan fingerprint density at radius 3 is 2.18 bits per heavy atom. The summed E-state index contributed by atoms with van der Waals surface area (Å²) in [5.74, 6) is -0.787. The fourth-order valence-electron chi connectivity index (χ4n) is 2.55. The maximum Gasteiger partial charge on any atom is 0.322 e. The lowest BCUT2D eigenvalue weighted by Gasteiger charge is -2.13. The van der Waals surface area contributed by atoms with Crippen molar-refractivity contribution in [2.45, 2.75) is 13.3 Å². The maximum absolute atomic E-state index is 12.6. The van der Waals surface area contributed by atoms with Gasteiger partial charge in [0.15, 0.2) is 11.5 Å². The third-order valence-corrected chi connectivity index (χ3v) is 3.99. The highest BCUT2D eigenvalue weighted by Gasteiger charge is 2.15. The predicted octanol–water partition coefficient (Wildman–Crippen LogP) is 2.01. The van der Waals surface area contributed by atoms with Crippen molar-refractivity contribution in [2.75, 3.05) is 26.1 Å². The monoisotopic (exact) mass is 386 g/mol. The fraction of sp³-hybridized carbons (Fsp3) is 0.250. The first-order chi connectivity index (χ1) is 13.3. The van der Waals surface area contributed by atoms with Crippen molar-refractivity contribution in [1.29, 1.82) is 0 Å². The van der Waals surface area contributed by atoms with Gasteiger partial charge in [0.2, 0.25) is 5.91 Å². The standard InChI is InChI=1S/C20H22N2O6/c1-12-8-16(27-2)17(28-3)10-15(12)20(26)22-14-6-4-13(5-7-14)9-18(23)21-11-19(24)25/h4-8,10H,9,11H2,1-3H3,(H,21,23)(H,22,26)(H,24,25). The Morgan fingerprint density at radius 2 is 1.61 bits per heavy atom. The molecule has 0 unspecified atom stereocenters. The van der Waals surface area contributed by atoms with Gasteiger partial charge in [0.25, 0.3) is 5.91 Å². The summed E-state index contributed by atoms with van der Waals surface area (Å²) in [7, 11) is 3.03. The van der Waals surface area contributed by atoms with Gasteiger partial charge in [-0.3, -0.25) is 14.4 Å². The van der Waals surface area contributed by atoms with Gasteiger partial charge in [0, 0.05) is 11.3 Å². The SMILES string of the molecule is COc1cc(C)c(C(=O)Nc2ccc(CC(=O)NCC(=O)O)cc2)cc1OC. The second-order valence-electron chi connectivity index (χ2n) is 6.02. The van der Waals surface area contributed by atoms with Crippen molar-refractivity contribution in [3.8, 4) is 11.5 Å². The summed E-state index contributed by atoms with van der Waals surface area (Å²) in [6, 6.07) is 10.1. The number of hydrogen-bond donors (Lipinski definition) is 3. The van der Waals surface area contributed by atoms with Gasteiger partial charge in [0.05, 0.1) is 20.6 Å². The first-order valence-electron chi connectivity index (χ1n) is 8.45. The Hall–Kier alpha value is -3.55. The molecule has 0 bridgehead atoms. The third kappa shape index (κ3) is 5.47. The van der Waals surface area contributed by atoms with E-state index in [0.717, 1.165) is 5.56 Å². The molecule has 2 aromatic carbocycles. The molecule has 0 spiro atoms. The number of hydrogen-bond acceptors (Lipinski definition) is 5. The number of aryl methyl sites for hydroxylation is 1. The van der Waals surface area contributed by atoms with E-state index in [-0.39, 0.29) is 18.2 Å². The molecule has 148 valence electrons. The Labute approximate surface area is 162 Å². The van der Waals surface area contributed by atoms with Crippen molar-refractivity contribution >= 4 is 23.5 Å². The number of benzene rings is 2. The summed E-state index contributed by atoms with van der Waals surface area (Å²) >= 11 is 0. The van der Waals surface area contributed by atoms with Crippen LogP contribution in [-0.4, -0.2) is 43.7 Å². The minimum atomic E-state index is -1.10. The van der Waals surface area contributed by atoms with E-state index in [1.165, 1.54) is 14.2 Å². The molecule has 0 atom stereocenters. The Kier molecular flexibility index (Phi) is 6.97. The first kappa shape index (κ1) is 20.8. The molecule has 0 aliphatic heterocycles. The van der Waals surface area contributed by atoms with Gasteiger partial charge in [-0.05, 0) is 42.3 Å². The van der Waals surface area contributed by atoms with E-state index >= 15 is 0 Å². The van der Waals surface area contributed by atoms with Crippen molar-refractivity contribution in [1.82, 2.24) is 5.32 Å². The van der Waals surface area contributed by atoms with Gasteiger partial charge in [-0.2, -0.15) is 0 Å². The van der Waals surface area contributed by atoms with Crippen LogP contribution in [0.4, 0.5) is 5.69 Å². The molecule has 8 heteroatoms. The van der Waals surface area contributed by atoms with E-state index in [9.17, 15) is 14.4 Å². The Balaban J connectivity index is 2.05. The summed E-state index contributed by atoms with van der Waals surface area (Å²) in [6.45, 7) is 1.38. The summed E-state index contributed by atoms with van der Waals surface area (Å²) in [5.41, 5.74) is 2.45. The van der Waals surface area contributed by atoms with Crippen LogP contribution in [0.3, 0.4) is 0 Å². The Morgan fingerprint density at radius 1 is 1.00 bits per heavy atom. The van der Waals surface area contributed by atoms with E-state index < -0.39 is 12.5 Å². The maximum atomic E-state index is 12.6. The number of anilines is 1. The largest absolute Gasteiger partial charge is 0.493 e. The zero-order chi connectivity index (χ0) is 20.7. The van der Waals surface area contributed by atoms with Gasteiger partial charge < -0.3 is 25.2 Å². The number of carboxylic acids is 1. The molecule has 8 nitrogen and oxygen atoms in total. The quantitative estimate of drug-likeness (QED) is 0.639. The molecule has 0 aliphatic carbocycles. The zero-order valence-corrected chi connectivity index (χ0v) is 15.9. The highest BCUT2D eigenvalue weighted by molar-refractivity contribution is 6.05. The lowest BCUT2D eigenvalue weighted by atomic mass is 10.1. The van der Waals surface area contributed by atoms with Crippen molar-refractivity contribution in [3.05, 3.63) is 53.1 Å². The van der Waals surface area contributed by atoms with Crippen LogP contribution in [0, 0.1) is 6.92 Å². The minimum Gasteiger partial charge on any atom is -0.493 e. The molecule has 0 saturated heterocycles. The Bertz CT molecular complexity index is 877. The molecule has 2 rings (SSSR count). The normalized spacial score (nSPS) is 10.1. The molecule has 0 aromatic heterocycles. The summed E-state index contributed by atoms with van der Waals surface area (Å²) in [5, 5.41) is 13.6. The molecule has 0 radical (unpaired) electrons. The van der Waals surface area contributed by atoms with Crippen LogP contribution < -0.4 is 20.1 Å². The van der Waals surface area contributed by atoms with E-state index in [4.69, 9.17) is 14.6 Å². The summed E-state index contributed by atoms with van der Waals surface area (Å²) in [6.07, 6.45) is 0.0519. The lowest BCUT2D eigenvalue weighted by Crippen LogP contribution is -2.30. The van der Waals surface area contributed by atoms with E-state index in [2.05, 4.69) is 10.6 Å². The molecule has 0 heterocycles. The molecule has 3 N–H and O–H groups in total. The number of ether oxygens (including phenoxy) is 2. The zero-order valence-electron chi connectivity index (χ0n) is 15.9. The predicted molar refractivity (Wildman–Crippen MR) is 103 cm³/mol. The van der Waals surface area contributed by atoms with Gasteiger partial charge >= 0.3 is 5.97 Å². The van der Waals surface area contributed by atoms with E-state index in [1.54, 1.807) is 43.3 Å². The van der Waals surface area contributed by atoms with Gasteiger partial charge in [-0.1, -0.05) is 12.1 Å². The second kappa shape index (κ2) is 9.40. The number of rotatable bonds is 8. The van der Waals surface area contributed by atoms with Crippen LogP contribution in [0.15, 0.2) is 36.4 Å². The topological polar surface area (TPSA) is 114 Å². The molecular weight excluding hydrogens is 364 g/mol. The molecule has 0 aliphatic rings. The summed E-state index contributed by atoms with van der Waals surface area (Å²) < 4.78 is 10.5. The van der Waals surface area contributed by atoms with E-state index in [0.29, 0.717) is 28.3 Å². The van der Waals surface area contributed by atoms with Crippen LogP contribution in [0.1, 0.15) is 21.5 Å². The van der Waals surface area contributed by atoms with Crippen molar-refractivity contribution in [2.24, 2.45) is 0 Å². The number of carbonyl (C=O) groups excluding carboxylic acids is 2. The molecule has 28 heavy (non-hydrogen) atoms. The van der Waals surface area contributed by atoms with Crippen LogP contribution in [0.5, 0.6) is 11.5 Å². The smallest absolute Gasteiger partial charge is 0.322 e. The fourth-order valence-corrected chi connectivity index (χ4v) is 2.55. The van der Waals surface area contributed by atoms with Gasteiger partial charge in [-0.25, -0.2) is 0 Å². The average molecular weight is 386 g/mol. The minimum absolute atomic E-state index is 0.0519. The molecule has 2 aromatic rings. The summed E-state index contributed by atoms with van der Waals surface area (Å²) in [4.78, 5) is 34.7. The van der Waals surface area contributed by atoms with Crippen LogP contribution in [0.25, 0.3) is 0 Å². The molecule has 2 amide bonds. The highest BCUT2D eigenvalue weighted by atomic mass is 16.5. The highest BCUT2D eigenvalue weighted by Crippen LogP contribution is 2.30. The number of carboxylic acid groups (broad SMARTS) is 1. The number of carbonyl (C=O) groups is 3. The molecule has 0 fully saturated rings. The first-order valence-corrected chi connectivity index (χ1v) is 8.45. The van der Waals surface area contributed by atoms with Crippen molar-refractivity contribution < 1.29 is 29.0 Å². The van der Waals surface area contributed by atoms with Crippen LogP contribution in [-0.2, 0) is 16.0 Å². The average Bonchev–Trinajstić information content (AvgIpc) is 2.67. The molecule has 0 saturated carbocycles. The molecular formula is C20H22N2O6. The number of nitrogens with one attached hydrogen (secondary N) is 2. The lowest BCUT2D eigenvalue weighted by molar-refractivity contribution is -0.137. The third-order valence-electron chi connectivity index (χ3n) is 3.99. The van der Waals surface area contributed by atoms with Gasteiger partial charge in [-0.15, -0.1) is 0 Å². The van der Waals surface area contributed by atoms with Gasteiger partial charge in [0.1, 0.15) is 6.54 Å². The number of methoxy groups -OCH3 is 2.